The Labute approximate surface area is 116 Å². The molecule has 1 aromatic rings. The zero-order valence-corrected chi connectivity index (χ0v) is 13.0. The molecule has 1 saturated carbocycles. The van der Waals surface area contributed by atoms with E-state index in [1.165, 1.54) is 10.5 Å². The van der Waals surface area contributed by atoms with Crippen molar-refractivity contribution in [2.45, 2.75) is 38.0 Å². The molecule has 100 valence electrons. The van der Waals surface area contributed by atoms with Gasteiger partial charge < -0.3 is 5.32 Å². The lowest BCUT2D eigenvalue weighted by molar-refractivity contribution is 0.509. The first-order valence-corrected chi connectivity index (χ1v) is 8.06. The van der Waals surface area contributed by atoms with Gasteiger partial charge in [0.25, 0.3) is 0 Å². The van der Waals surface area contributed by atoms with Crippen LogP contribution in [0.5, 0.6) is 0 Å². The van der Waals surface area contributed by atoms with E-state index in [1.54, 1.807) is 0 Å². The second-order valence-electron chi connectivity index (χ2n) is 6.01. The minimum Gasteiger partial charge on any atom is -0.317 e. The van der Waals surface area contributed by atoms with E-state index in [0.717, 1.165) is 19.0 Å². The first kappa shape index (κ1) is 14.0. The summed E-state index contributed by atoms with van der Waals surface area (Å²) in [5.74, 6) is 0.741. The summed E-state index contributed by atoms with van der Waals surface area (Å²) in [7, 11) is 0. The molecular weight excluding hydrogens is 238 g/mol. The third kappa shape index (κ3) is 2.00. The van der Waals surface area contributed by atoms with Gasteiger partial charge in [0.1, 0.15) is 0 Å². The summed E-state index contributed by atoms with van der Waals surface area (Å²) < 4.78 is 0. The van der Waals surface area contributed by atoms with Gasteiger partial charge in [-0.05, 0) is 48.4 Å². The highest BCUT2D eigenvalue weighted by molar-refractivity contribution is 7.98. The average molecular weight is 263 g/mol. The minimum atomic E-state index is 0.326. The molecule has 0 bridgehead atoms. The third-order valence-corrected chi connectivity index (χ3v) is 5.85. The highest BCUT2D eigenvalue weighted by Crippen LogP contribution is 2.68. The van der Waals surface area contributed by atoms with Crippen molar-refractivity contribution in [1.82, 2.24) is 5.32 Å². The SMILES string of the molecule is CCNCC1C(C)(C)C1(C)c1ccc(SC)cc1. The zero-order chi connectivity index (χ0) is 13.4. The molecule has 0 aliphatic heterocycles. The quantitative estimate of drug-likeness (QED) is 0.808. The molecular formula is C16H25NS. The molecule has 0 amide bonds. The number of thioether (sulfide) groups is 1. The van der Waals surface area contributed by atoms with Crippen molar-refractivity contribution in [3.8, 4) is 0 Å². The highest BCUT2D eigenvalue weighted by Gasteiger charge is 2.67. The van der Waals surface area contributed by atoms with Gasteiger partial charge in [0.15, 0.2) is 0 Å². The van der Waals surface area contributed by atoms with Crippen LogP contribution in [-0.2, 0) is 5.41 Å². The van der Waals surface area contributed by atoms with Crippen LogP contribution in [0, 0.1) is 11.3 Å². The van der Waals surface area contributed by atoms with Gasteiger partial charge in [-0.25, -0.2) is 0 Å². The lowest BCUT2D eigenvalue weighted by Gasteiger charge is -2.15. The van der Waals surface area contributed by atoms with Crippen LogP contribution in [0.15, 0.2) is 29.2 Å². The maximum absolute atomic E-state index is 3.51. The molecule has 2 heteroatoms. The van der Waals surface area contributed by atoms with E-state index in [1.807, 2.05) is 11.8 Å². The molecule has 2 rings (SSSR count). The molecule has 18 heavy (non-hydrogen) atoms. The van der Waals surface area contributed by atoms with Gasteiger partial charge >= 0.3 is 0 Å². The van der Waals surface area contributed by atoms with E-state index < -0.39 is 0 Å². The van der Waals surface area contributed by atoms with Gasteiger partial charge in [0.05, 0.1) is 0 Å². The third-order valence-electron chi connectivity index (χ3n) is 5.11. The summed E-state index contributed by atoms with van der Waals surface area (Å²) >= 11 is 1.81. The second-order valence-corrected chi connectivity index (χ2v) is 6.89. The van der Waals surface area contributed by atoms with Crippen molar-refractivity contribution in [3.63, 3.8) is 0 Å². The Kier molecular flexibility index (Phi) is 3.80. The fraction of sp³-hybridized carbons (Fsp3) is 0.625. The van der Waals surface area contributed by atoms with Crippen LogP contribution in [-0.4, -0.2) is 19.3 Å². The Morgan fingerprint density at radius 2 is 1.78 bits per heavy atom. The second kappa shape index (κ2) is 4.90. The Hall–Kier alpha value is -0.470. The van der Waals surface area contributed by atoms with Crippen molar-refractivity contribution in [1.29, 1.82) is 0 Å². The van der Waals surface area contributed by atoms with Crippen LogP contribution in [0.1, 0.15) is 33.3 Å². The number of nitrogens with one attached hydrogen (secondary N) is 1. The predicted molar refractivity (Wildman–Crippen MR) is 81.4 cm³/mol. The highest BCUT2D eigenvalue weighted by atomic mass is 32.2. The first-order chi connectivity index (χ1) is 8.48. The van der Waals surface area contributed by atoms with E-state index in [9.17, 15) is 0 Å². The summed E-state index contributed by atoms with van der Waals surface area (Å²) in [6.45, 7) is 11.6. The fourth-order valence-electron chi connectivity index (χ4n) is 3.36. The molecule has 1 aliphatic rings. The summed E-state index contributed by atoms with van der Waals surface area (Å²) in [5, 5.41) is 3.51. The topological polar surface area (TPSA) is 12.0 Å². The molecule has 0 saturated heterocycles. The van der Waals surface area contributed by atoms with Crippen molar-refractivity contribution < 1.29 is 0 Å². The number of benzene rings is 1. The standard InChI is InChI=1S/C16H25NS/c1-6-17-11-14-15(2,3)16(14,4)12-7-9-13(18-5)10-8-12/h7-10,14,17H,6,11H2,1-5H3. The summed E-state index contributed by atoms with van der Waals surface area (Å²) in [5.41, 5.74) is 2.22. The number of hydrogen-bond acceptors (Lipinski definition) is 2. The van der Waals surface area contributed by atoms with Crippen molar-refractivity contribution in [3.05, 3.63) is 29.8 Å². The van der Waals surface area contributed by atoms with Gasteiger partial charge in [-0.15, -0.1) is 11.8 Å². The monoisotopic (exact) mass is 263 g/mol. The molecule has 2 atom stereocenters. The molecule has 0 aromatic heterocycles. The van der Waals surface area contributed by atoms with Gasteiger partial charge in [0.2, 0.25) is 0 Å². The van der Waals surface area contributed by atoms with E-state index in [4.69, 9.17) is 0 Å². The van der Waals surface area contributed by atoms with Crippen LogP contribution >= 0.6 is 11.8 Å². The van der Waals surface area contributed by atoms with E-state index >= 15 is 0 Å². The Bertz CT molecular complexity index is 410. The van der Waals surface area contributed by atoms with E-state index in [0.29, 0.717) is 10.8 Å². The lowest BCUT2D eigenvalue weighted by Crippen LogP contribution is -2.19. The van der Waals surface area contributed by atoms with E-state index in [2.05, 4.69) is 63.5 Å². The molecule has 1 nitrogen and oxygen atoms in total. The van der Waals surface area contributed by atoms with E-state index in [-0.39, 0.29) is 0 Å². The van der Waals surface area contributed by atoms with Crippen molar-refractivity contribution in [2.24, 2.45) is 11.3 Å². The van der Waals surface area contributed by atoms with Crippen LogP contribution in [0.4, 0.5) is 0 Å². The van der Waals surface area contributed by atoms with Crippen LogP contribution in [0.3, 0.4) is 0 Å². The Morgan fingerprint density at radius 3 is 2.28 bits per heavy atom. The molecule has 1 fully saturated rings. The molecule has 0 heterocycles. The largest absolute Gasteiger partial charge is 0.317 e. The van der Waals surface area contributed by atoms with Gasteiger partial charge in [-0.2, -0.15) is 0 Å². The maximum Gasteiger partial charge on any atom is 0.00693 e. The zero-order valence-electron chi connectivity index (χ0n) is 12.2. The number of hydrogen-bond donors (Lipinski definition) is 1. The van der Waals surface area contributed by atoms with Crippen LogP contribution in [0.2, 0.25) is 0 Å². The molecule has 0 radical (unpaired) electrons. The van der Waals surface area contributed by atoms with Crippen molar-refractivity contribution >= 4 is 11.8 Å². The van der Waals surface area contributed by atoms with Gasteiger partial charge in [-0.3, -0.25) is 0 Å². The maximum atomic E-state index is 3.51. The van der Waals surface area contributed by atoms with Crippen LogP contribution in [0.25, 0.3) is 0 Å². The molecule has 2 unspecified atom stereocenters. The normalized spacial score (nSPS) is 29.3. The van der Waals surface area contributed by atoms with Gasteiger partial charge in [0, 0.05) is 10.3 Å². The molecule has 0 spiro atoms. The van der Waals surface area contributed by atoms with Crippen molar-refractivity contribution in [2.75, 3.05) is 19.3 Å². The smallest absolute Gasteiger partial charge is 0.00693 e. The Balaban J connectivity index is 2.20. The first-order valence-electron chi connectivity index (χ1n) is 6.83. The molecule has 1 aliphatic carbocycles. The summed E-state index contributed by atoms with van der Waals surface area (Å²) in [6.07, 6.45) is 2.13. The average Bonchev–Trinajstić information content (AvgIpc) is 2.82. The van der Waals surface area contributed by atoms with Gasteiger partial charge in [-0.1, -0.05) is 39.8 Å². The molecule has 1 aromatic carbocycles. The lowest BCUT2D eigenvalue weighted by atomic mass is 9.90. The molecule has 1 N–H and O–H groups in total. The summed E-state index contributed by atoms with van der Waals surface area (Å²) in [4.78, 5) is 1.35. The number of rotatable bonds is 5. The van der Waals surface area contributed by atoms with Crippen LogP contribution < -0.4 is 5.32 Å². The Morgan fingerprint density at radius 1 is 1.17 bits per heavy atom. The fourth-order valence-corrected chi connectivity index (χ4v) is 3.77. The summed E-state index contributed by atoms with van der Waals surface area (Å²) in [6, 6.07) is 9.15. The predicted octanol–water partition coefficient (Wildman–Crippen LogP) is 3.93. The minimum absolute atomic E-state index is 0.326.